The minimum absolute atomic E-state index is 0.0714. The van der Waals surface area contributed by atoms with Crippen LogP contribution in [0, 0.1) is 0 Å². The van der Waals surface area contributed by atoms with E-state index in [1.54, 1.807) is 42.4 Å². The van der Waals surface area contributed by atoms with Crippen molar-refractivity contribution in [3.05, 3.63) is 72.8 Å². The number of likely N-dealkylation sites (tertiary alicyclic amines) is 1. The van der Waals surface area contributed by atoms with E-state index in [-0.39, 0.29) is 12.0 Å². The Morgan fingerprint density at radius 1 is 0.737 bits per heavy atom. The molecule has 2 aromatic carbocycles. The van der Waals surface area contributed by atoms with Crippen LogP contribution in [0.2, 0.25) is 0 Å². The van der Waals surface area contributed by atoms with Crippen molar-refractivity contribution in [3.8, 4) is 23.0 Å². The zero-order valence-electron chi connectivity index (χ0n) is 33.1. The summed E-state index contributed by atoms with van der Waals surface area (Å²) in [7, 11) is 6.42. The zero-order valence-corrected chi connectivity index (χ0v) is 33.1. The molecule has 0 radical (unpaired) electrons. The molecule has 300 valence electrons. The molecule has 1 amide bonds. The van der Waals surface area contributed by atoms with Gasteiger partial charge in [0, 0.05) is 55.0 Å². The Hall–Kier alpha value is -6.43. The number of fused-ring (bicyclic) bond motifs is 2. The van der Waals surface area contributed by atoms with Gasteiger partial charge in [0.1, 0.15) is 18.3 Å². The van der Waals surface area contributed by atoms with Gasteiger partial charge in [0.15, 0.2) is 45.9 Å². The van der Waals surface area contributed by atoms with Gasteiger partial charge in [-0.05, 0) is 64.4 Å². The van der Waals surface area contributed by atoms with Gasteiger partial charge in [0.25, 0.3) is 0 Å². The molecule has 8 rings (SSSR count). The largest absolute Gasteiger partial charge is 0.493 e. The molecule has 2 saturated heterocycles. The number of nitrogens with one attached hydrogen (secondary N) is 3. The number of anilines is 4. The molecular formula is C39H48N12O6. The number of rotatable bonds is 10. The Balaban J connectivity index is 0.000000179. The van der Waals surface area contributed by atoms with Crippen LogP contribution in [-0.4, -0.2) is 110 Å². The van der Waals surface area contributed by atoms with Crippen molar-refractivity contribution in [1.29, 1.82) is 0 Å². The first-order valence-corrected chi connectivity index (χ1v) is 18.6. The van der Waals surface area contributed by atoms with Crippen LogP contribution in [0.15, 0.2) is 61.4 Å². The van der Waals surface area contributed by atoms with E-state index in [2.05, 4.69) is 36.1 Å². The van der Waals surface area contributed by atoms with Crippen LogP contribution in [0.25, 0.3) is 11.3 Å². The number of methoxy groups -OCH3 is 4. The lowest BCUT2D eigenvalue weighted by atomic mass is 10.1. The summed E-state index contributed by atoms with van der Waals surface area (Å²) >= 11 is 0. The van der Waals surface area contributed by atoms with Crippen molar-refractivity contribution in [3.63, 3.8) is 0 Å². The summed E-state index contributed by atoms with van der Waals surface area (Å²) in [5.74, 6) is 4.29. The predicted molar refractivity (Wildman–Crippen MR) is 213 cm³/mol. The van der Waals surface area contributed by atoms with Crippen LogP contribution in [0.5, 0.6) is 23.0 Å². The molecule has 18 nitrogen and oxygen atoms in total. The number of carbonyl (C=O) groups is 1. The minimum Gasteiger partial charge on any atom is -0.493 e. The first-order valence-electron chi connectivity index (χ1n) is 18.6. The standard InChI is InChI=1S/C22H28N6O4.C17H20N6O2/c1-22(2,3)32-21(29)27-9-8-14(11-27)16-12-28-20(23-13-24-28)19(26-16)25-15-6-7-17(30-4)18(10-15)31-5;1-24-14-4-3-12(7-15(14)25-2)21-16-17-19-10-20-23(17)9-13(22-16)11-5-6-18-8-11/h6-7,10,12-14H,8-9,11H2,1-5H3,(H,25,26);3-4,7,9-11,18H,5-6,8H2,1-2H3,(H,21,22)/t14-;11-/m00/s1. The molecule has 4 aromatic heterocycles. The van der Waals surface area contributed by atoms with Gasteiger partial charge in [0.2, 0.25) is 0 Å². The molecule has 6 heterocycles. The normalized spacial score (nSPS) is 16.6. The van der Waals surface area contributed by atoms with Gasteiger partial charge in [-0.1, -0.05) is 0 Å². The molecule has 2 aliphatic rings. The van der Waals surface area contributed by atoms with Gasteiger partial charge in [-0.2, -0.15) is 10.2 Å². The van der Waals surface area contributed by atoms with Crippen LogP contribution in [0.1, 0.15) is 56.8 Å². The summed E-state index contributed by atoms with van der Waals surface area (Å²) in [5.41, 5.74) is 4.22. The Bertz CT molecular complexity index is 2330. The third-order valence-electron chi connectivity index (χ3n) is 9.59. The Morgan fingerprint density at radius 2 is 1.26 bits per heavy atom. The van der Waals surface area contributed by atoms with Crippen molar-refractivity contribution in [2.75, 3.05) is 65.3 Å². The summed E-state index contributed by atoms with van der Waals surface area (Å²) in [5, 5.41) is 18.6. The fourth-order valence-electron chi connectivity index (χ4n) is 6.76. The van der Waals surface area contributed by atoms with Gasteiger partial charge in [0.05, 0.1) is 52.2 Å². The van der Waals surface area contributed by atoms with E-state index in [0.29, 0.717) is 64.9 Å². The van der Waals surface area contributed by atoms with Crippen LogP contribution in [0.3, 0.4) is 0 Å². The first-order chi connectivity index (χ1) is 27.5. The summed E-state index contributed by atoms with van der Waals surface area (Å²) in [6, 6.07) is 11.2. The fourth-order valence-corrected chi connectivity index (χ4v) is 6.76. The van der Waals surface area contributed by atoms with Gasteiger partial charge in [-0.15, -0.1) is 0 Å². The molecule has 0 unspecified atom stereocenters. The summed E-state index contributed by atoms with van der Waals surface area (Å²) in [6.07, 6.45) is 8.41. The van der Waals surface area contributed by atoms with E-state index in [9.17, 15) is 4.79 Å². The van der Waals surface area contributed by atoms with E-state index >= 15 is 0 Å². The number of benzene rings is 2. The first kappa shape index (κ1) is 38.8. The van der Waals surface area contributed by atoms with E-state index in [1.807, 2.05) is 69.6 Å². The zero-order chi connectivity index (χ0) is 40.1. The second kappa shape index (κ2) is 16.7. The molecule has 0 bridgehead atoms. The molecule has 2 atom stereocenters. The Labute approximate surface area is 329 Å². The summed E-state index contributed by atoms with van der Waals surface area (Å²) in [6.45, 7) is 8.70. The monoisotopic (exact) mass is 780 g/mol. The van der Waals surface area contributed by atoms with Crippen LogP contribution in [0.4, 0.5) is 27.8 Å². The lowest BCUT2D eigenvalue weighted by Crippen LogP contribution is -2.35. The highest BCUT2D eigenvalue weighted by Gasteiger charge is 2.32. The average molecular weight is 781 g/mol. The number of amides is 1. The third kappa shape index (κ3) is 8.85. The maximum Gasteiger partial charge on any atom is 0.410 e. The number of hydrogen-bond donors (Lipinski definition) is 3. The lowest BCUT2D eigenvalue weighted by molar-refractivity contribution is 0.0292. The van der Waals surface area contributed by atoms with Crippen molar-refractivity contribution in [1.82, 2.24) is 49.4 Å². The number of aromatic nitrogens is 8. The van der Waals surface area contributed by atoms with Crippen molar-refractivity contribution in [2.24, 2.45) is 0 Å². The number of nitrogens with zero attached hydrogens (tertiary/aromatic N) is 9. The lowest BCUT2D eigenvalue weighted by Gasteiger charge is -2.24. The molecule has 18 heteroatoms. The fraction of sp³-hybridized carbons (Fsp3) is 0.410. The van der Waals surface area contributed by atoms with Crippen molar-refractivity contribution in [2.45, 2.75) is 51.0 Å². The highest BCUT2D eigenvalue weighted by atomic mass is 16.6. The molecule has 0 spiro atoms. The number of carbonyl (C=O) groups excluding carboxylic acids is 1. The van der Waals surface area contributed by atoms with E-state index < -0.39 is 5.60 Å². The van der Waals surface area contributed by atoms with Crippen molar-refractivity contribution >= 4 is 40.4 Å². The minimum atomic E-state index is -0.524. The highest BCUT2D eigenvalue weighted by Crippen LogP contribution is 2.34. The highest BCUT2D eigenvalue weighted by molar-refractivity contribution is 5.72. The van der Waals surface area contributed by atoms with Gasteiger partial charge < -0.3 is 44.5 Å². The molecule has 0 saturated carbocycles. The van der Waals surface area contributed by atoms with Gasteiger partial charge in [-0.3, -0.25) is 0 Å². The van der Waals surface area contributed by atoms with E-state index in [4.69, 9.17) is 33.7 Å². The molecule has 3 N–H and O–H groups in total. The topological polar surface area (TPSA) is 189 Å². The SMILES string of the molecule is COc1ccc(Nc2nc([C@H]3CCN(C(=O)OC(C)(C)C)C3)cn3ncnc23)cc1OC.COc1ccc(Nc2nc([C@H]3CCNC3)cn3ncnc23)cc1OC. The maximum absolute atomic E-state index is 12.5. The quantitative estimate of drug-likeness (QED) is 0.156. The maximum atomic E-state index is 12.5. The molecular weight excluding hydrogens is 733 g/mol. The van der Waals surface area contributed by atoms with Crippen molar-refractivity contribution < 1.29 is 28.5 Å². The smallest absolute Gasteiger partial charge is 0.410 e. The number of ether oxygens (including phenoxy) is 5. The Kier molecular flexibility index (Phi) is 11.4. The van der Waals surface area contributed by atoms with Gasteiger partial charge >= 0.3 is 6.09 Å². The third-order valence-corrected chi connectivity index (χ3v) is 9.59. The molecule has 6 aromatic rings. The predicted octanol–water partition coefficient (Wildman–Crippen LogP) is 5.57. The van der Waals surface area contributed by atoms with Crippen LogP contribution < -0.4 is 34.9 Å². The summed E-state index contributed by atoms with van der Waals surface area (Å²) in [4.78, 5) is 32.5. The van der Waals surface area contributed by atoms with Crippen LogP contribution in [-0.2, 0) is 4.74 Å². The second-order valence-corrected chi connectivity index (χ2v) is 14.6. The average Bonchev–Trinajstić information content (AvgIpc) is 4.05. The molecule has 57 heavy (non-hydrogen) atoms. The summed E-state index contributed by atoms with van der Waals surface area (Å²) < 4.78 is 30.3. The molecule has 2 fully saturated rings. The van der Waals surface area contributed by atoms with Crippen LogP contribution >= 0.6 is 0 Å². The number of hydrogen-bond acceptors (Lipinski definition) is 15. The Morgan fingerprint density at radius 3 is 1.74 bits per heavy atom. The van der Waals surface area contributed by atoms with E-state index in [0.717, 1.165) is 48.7 Å². The molecule has 2 aliphatic heterocycles. The van der Waals surface area contributed by atoms with Gasteiger partial charge in [-0.25, -0.2) is 33.8 Å². The second-order valence-electron chi connectivity index (χ2n) is 14.6. The molecule has 0 aliphatic carbocycles. The van der Waals surface area contributed by atoms with E-state index in [1.165, 1.54) is 12.7 Å².